The van der Waals surface area contributed by atoms with Gasteiger partial charge in [0.05, 0.1) is 13.2 Å². The molecule has 26 heavy (non-hydrogen) atoms. The molecule has 2 rings (SSSR count). The van der Waals surface area contributed by atoms with Gasteiger partial charge in [0.1, 0.15) is 11.5 Å². The van der Waals surface area contributed by atoms with Gasteiger partial charge in [0.25, 0.3) is 0 Å². The largest absolute Gasteiger partial charge is 0.508 e. The zero-order valence-electron chi connectivity index (χ0n) is 14.9. The van der Waals surface area contributed by atoms with Gasteiger partial charge in [-0.15, -0.1) is 0 Å². The Hall–Kier alpha value is -3.09. The molecule has 7 nitrogen and oxygen atoms in total. The zero-order chi connectivity index (χ0) is 18.9. The number of hydrogen-bond donors (Lipinski definition) is 4. The molecule has 0 bridgehead atoms. The number of phenolic OH excluding ortho intramolecular Hbond substituents is 2. The summed E-state index contributed by atoms with van der Waals surface area (Å²) in [7, 11) is 0. The second-order valence-electron chi connectivity index (χ2n) is 5.52. The molecule has 0 aliphatic heterocycles. The van der Waals surface area contributed by atoms with Crippen molar-refractivity contribution in [2.24, 2.45) is 0 Å². The van der Waals surface area contributed by atoms with Crippen molar-refractivity contribution in [1.82, 2.24) is 5.32 Å². The first-order valence-corrected chi connectivity index (χ1v) is 8.48. The normalized spacial score (nSPS) is 10.2. The molecular formula is C19H24N2O5. The molecule has 4 N–H and O–H groups in total. The Morgan fingerprint density at radius 2 is 1.62 bits per heavy atom. The van der Waals surface area contributed by atoms with Crippen molar-refractivity contribution in [3.8, 4) is 23.0 Å². The monoisotopic (exact) mass is 360 g/mol. The number of rotatable bonds is 8. The minimum atomic E-state index is -0.425. The summed E-state index contributed by atoms with van der Waals surface area (Å²) in [5.41, 5.74) is 1.31. The molecule has 0 aliphatic carbocycles. The van der Waals surface area contributed by atoms with E-state index in [2.05, 4.69) is 10.6 Å². The fourth-order valence-electron chi connectivity index (χ4n) is 2.41. The van der Waals surface area contributed by atoms with Crippen molar-refractivity contribution in [2.75, 3.05) is 25.1 Å². The van der Waals surface area contributed by atoms with Gasteiger partial charge in [-0.2, -0.15) is 0 Å². The van der Waals surface area contributed by atoms with E-state index in [0.29, 0.717) is 43.4 Å². The van der Waals surface area contributed by atoms with Gasteiger partial charge in [-0.25, -0.2) is 4.79 Å². The van der Waals surface area contributed by atoms with Crippen LogP contribution in [-0.2, 0) is 6.42 Å². The van der Waals surface area contributed by atoms with Crippen molar-refractivity contribution in [1.29, 1.82) is 0 Å². The quantitative estimate of drug-likeness (QED) is 0.579. The number of urea groups is 1. The van der Waals surface area contributed by atoms with Crippen LogP contribution >= 0.6 is 0 Å². The molecule has 0 saturated carbocycles. The number of aromatic hydroxyl groups is 2. The second kappa shape index (κ2) is 9.41. The first-order valence-electron chi connectivity index (χ1n) is 8.48. The first kappa shape index (κ1) is 19.2. The van der Waals surface area contributed by atoms with Crippen LogP contribution in [0.1, 0.15) is 19.4 Å². The van der Waals surface area contributed by atoms with Gasteiger partial charge in [0.2, 0.25) is 0 Å². The summed E-state index contributed by atoms with van der Waals surface area (Å²) in [4.78, 5) is 11.9. The van der Waals surface area contributed by atoms with Gasteiger partial charge in [-0.05, 0) is 38.0 Å². The van der Waals surface area contributed by atoms with Crippen LogP contribution in [0.4, 0.5) is 10.5 Å². The van der Waals surface area contributed by atoms with E-state index in [1.165, 1.54) is 18.2 Å². The highest BCUT2D eigenvalue weighted by Gasteiger charge is 2.07. The molecule has 0 aromatic heterocycles. The van der Waals surface area contributed by atoms with Gasteiger partial charge in [-0.1, -0.05) is 6.07 Å². The molecular weight excluding hydrogens is 336 g/mol. The Labute approximate surface area is 152 Å². The van der Waals surface area contributed by atoms with Crippen LogP contribution in [0.15, 0.2) is 36.4 Å². The van der Waals surface area contributed by atoms with Crippen LogP contribution in [0.2, 0.25) is 0 Å². The maximum absolute atomic E-state index is 11.9. The smallest absolute Gasteiger partial charge is 0.319 e. The summed E-state index contributed by atoms with van der Waals surface area (Å²) in [5, 5.41) is 24.1. The van der Waals surface area contributed by atoms with Crippen molar-refractivity contribution in [2.45, 2.75) is 20.3 Å². The zero-order valence-corrected chi connectivity index (χ0v) is 14.9. The summed E-state index contributed by atoms with van der Waals surface area (Å²) in [5.74, 6) is 1.13. The van der Waals surface area contributed by atoms with Crippen molar-refractivity contribution < 1.29 is 24.5 Å². The number of benzene rings is 2. The summed E-state index contributed by atoms with van der Waals surface area (Å²) in [6.07, 6.45) is 0.616. The van der Waals surface area contributed by atoms with Gasteiger partial charge in [0.15, 0.2) is 11.5 Å². The number of anilines is 1. The minimum Gasteiger partial charge on any atom is -0.508 e. The molecule has 140 valence electrons. The Morgan fingerprint density at radius 1 is 0.962 bits per heavy atom. The summed E-state index contributed by atoms with van der Waals surface area (Å²) < 4.78 is 11.1. The third-order valence-corrected chi connectivity index (χ3v) is 3.47. The van der Waals surface area contributed by atoms with Crippen LogP contribution in [0.25, 0.3) is 0 Å². The van der Waals surface area contributed by atoms with E-state index in [-0.39, 0.29) is 11.5 Å². The minimum absolute atomic E-state index is 0.127. The third-order valence-electron chi connectivity index (χ3n) is 3.47. The molecule has 0 spiro atoms. The average molecular weight is 360 g/mol. The molecule has 0 atom stereocenters. The van der Waals surface area contributed by atoms with Crippen molar-refractivity contribution >= 4 is 11.7 Å². The SMILES string of the molecule is CCOc1ccc(CCNC(=O)Nc2cc(O)cc(O)c2)cc1OCC. The lowest BCUT2D eigenvalue weighted by molar-refractivity contribution is 0.252. The van der Waals surface area contributed by atoms with E-state index in [1.807, 2.05) is 32.0 Å². The van der Waals surface area contributed by atoms with E-state index in [0.717, 1.165) is 5.56 Å². The van der Waals surface area contributed by atoms with E-state index in [9.17, 15) is 15.0 Å². The number of phenols is 2. The number of carbonyl (C=O) groups is 1. The maximum Gasteiger partial charge on any atom is 0.319 e. The van der Waals surface area contributed by atoms with E-state index >= 15 is 0 Å². The highest BCUT2D eigenvalue weighted by Crippen LogP contribution is 2.28. The van der Waals surface area contributed by atoms with Gasteiger partial charge >= 0.3 is 6.03 Å². The Balaban J connectivity index is 1.88. The summed E-state index contributed by atoms with van der Waals surface area (Å²) >= 11 is 0. The fraction of sp³-hybridized carbons (Fsp3) is 0.316. The molecule has 2 aromatic rings. The fourth-order valence-corrected chi connectivity index (χ4v) is 2.41. The lowest BCUT2D eigenvalue weighted by atomic mass is 10.1. The Bertz CT molecular complexity index is 728. The summed E-state index contributed by atoms with van der Waals surface area (Å²) in [6, 6.07) is 9.15. The van der Waals surface area contributed by atoms with Crippen LogP contribution in [-0.4, -0.2) is 36.0 Å². The molecule has 0 fully saturated rings. The van der Waals surface area contributed by atoms with Crippen LogP contribution in [0, 0.1) is 0 Å². The molecule has 0 radical (unpaired) electrons. The van der Waals surface area contributed by atoms with Crippen LogP contribution < -0.4 is 20.1 Å². The van der Waals surface area contributed by atoms with E-state index in [1.54, 1.807) is 0 Å². The van der Waals surface area contributed by atoms with Gasteiger partial charge in [-0.3, -0.25) is 0 Å². The van der Waals surface area contributed by atoms with Gasteiger partial charge in [0, 0.05) is 30.4 Å². The molecule has 0 saturated heterocycles. The Morgan fingerprint density at radius 3 is 2.27 bits per heavy atom. The van der Waals surface area contributed by atoms with Crippen LogP contribution in [0.3, 0.4) is 0 Å². The molecule has 2 aromatic carbocycles. The first-order chi connectivity index (χ1) is 12.5. The highest BCUT2D eigenvalue weighted by molar-refractivity contribution is 5.89. The van der Waals surface area contributed by atoms with Crippen molar-refractivity contribution in [3.05, 3.63) is 42.0 Å². The second-order valence-corrected chi connectivity index (χ2v) is 5.52. The lowest BCUT2D eigenvalue weighted by Gasteiger charge is -2.13. The predicted molar refractivity (Wildman–Crippen MR) is 99.3 cm³/mol. The number of hydrogen-bond acceptors (Lipinski definition) is 5. The van der Waals surface area contributed by atoms with E-state index < -0.39 is 6.03 Å². The molecule has 7 heteroatoms. The molecule has 0 heterocycles. The van der Waals surface area contributed by atoms with Crippen molar-refractivity contribution in [3.63, 3.8) is 0 Å². The number of carbonyl (C=O) groups excluding carboxylic acids is 1. The number of nitrogens with one attached hydrogen (secondary N) is 2. The van der Waals surface area contributed by atoms with Gasteiger partial charge < -0.3 is 30.3 Å². The van der Waals surface area contributed by atoms with E-state index in [4.69, 9.17) is 9.47 Å². The Kier molecular flexibility index (Phi) is 6.96. The predicted octanol–water partition coefficient (Wildman–Crippen LogP) is 3.26. The van der Waals surface area contributed by atoms with Crippen LogP contribution in [0.5, 0.6) is 23.0 Å². The lowest BCUT2D eigenvalue weighted by Crippen LogP contribution is -2.30. The summed E-state index contributed by atoms with van der Waals surface area (Å²) in [6.45, 7) is 5.34. The topological polar surface area (TPSA) is 100 Å². The maximum atomic E-state index is 11.9. The molecule has 0 unspecified atom stereocenters. The standard InChI is InChI=1S/C19H24N2O5/c1-3-25-17-6-5-13(9-18(17)26-4-2)7-8-20-19(24)21-14-10-15(22)12-16(23)11-14/h5-6,9-12,22-23H,3-4,7-8H2,1-2H3,(H2,20,21,24). The third kappa shape index (κ3) is 5.77. The number of ether oxygens (including phenoxy) is 2. The number of amides is 2. The molecule has 0 aliphatic rings. The highest BCUT2D eigenvalue weighted by atomic mass is 16.5. The average Bonchev–Trinajstić information content (AvgIpc) is 2.56. The molecule has 2 amide bonds.